The number of nitrogens with two attached hydrogens (primary N) is 1. The van der Waals surface area contributed by atoms with Crippen LogP contribution in [0.25, 0.3) is 28.0 Å². The maximum Gasteiger partial charge on any atom is 0.225 e. The van der Waals surface area contributed by atoms with Gasteiger partial charge >= 0.3 is 0 Å². The third-order valence-corrected chi connectivity index (χ3v) is 4.35. The fourth-order valence-corrected chi connectivity index (χ4v) is 3.06. The van der Waals surface area contributed by atoms with Crippen molar-refractivity contribution in [3.63, 3.8) is 0 Å². The molecule has 2 aromatic heterocycles. The number of rotatable bonds is 5. The van der Waals surface area contributed by atoms with E-state index in [-0.39, 0.29) is 6.04 Å². The minimum atomic E-state index is 0.196. The van der Waals surface area contributed by atoms with Crippen LogP contribution in [0.2, 0.25) is 0 Å². The van der Waals surface area contributed by atoms with Gasteiger partial charge in [-0.1, -0.05) is 30.3 Å². The Morgan fingerprint density at radius 1 is 1.00 bits per heavy atom. The Balaban J connectivity index is 1.94. The van der Waals surface area contributed by atoms with Crippen LogP contribution in [0.1, 0.15) is 13.8 Å². The van der Waals surface area contributed by atoms with Gasteiger partial charge in [0.1, 0.15) is 11.6 Å². The maximum atomic E-state index is 6.50. The zero-order chi connectivity index (χ0) is 19.7. The second-order valence-electron chi connectivity index (χ2n) is 6.75. The number of ether oxygens (including phenoxy) is 1. The predicted octanol–water partition coefficient (Wildman–Crippen LogP) is 3.89. The first-order chi connectivity index (χ1) is 13.6. The fraction of sp³-hybridized carbons (Fsp3) is 0.190. The quantitative estimate of drug-likeness (QED) is 0.551. The van der Waals surface area contributed by atoms with Crippen molar-refractivity contribution in [2.45, 2.75) is 19.9 Å². The lowest BCUT2D eigenvalue weighted by atomic mass is 10.1. The van der Waals surface area contributed by atoms with Crippen LogP contribution >= 0.6 is 0 Å². The van der Waals surface area contributed by atoms with E-state index in [0.29, 0.717) is 17.4 Å². The maximum absolute atomic E-state index is 6.50. The van der Waals surface area contributed by atoms with Crippen molar-refractivity contribution < 1.29 is 4.74 Å². The van der Waals surface area contributed by atoms with E-state index in [2.05, 4.69) is 15.4 Å². The highest BCUT2D eigenvalue weighted by molar-refractivity contribution is 5.99. The van der Waals surface area contributed by atoms with Crippen molar-refractivity contribution in [3.8, 4) is 22.7 Å². The predicted molar refractivity (Wildman–Crippen MR) is 112 cm³/mol. The van der Waals surface area contributed by atoms with Crippen LogP contribution in [0.5, 0.6) is 5.75 Å². The zero-order valence-electron chi connectivity index (χ0n) is 16.0. The molecule has 0 saturated heterocycles. The summed E-state index contributed by atoms with van der Waals surface area (Å²) < 4.78 is 6.92. The van der Waals surface area contributed by atoms with E-state index < -0.39 is 0 Å². The molecule has 2 aromatic carbocycles. The summed E-state index contributed by atoms with van der Waals surface area (Å²) in [5.41, 5.74) is 9.59. The molecule has 3 N–H and O–H groups in total. The van der Waals surface area contributed by atoms with Crippen molar-refractivity contribution >= 4 is 22.8 Å². The summed E-state index contributed by atoms with van der Waals surface area (Å²) in [6.07, 6.45) is 0. The molecule has 2 heterocycles. The van der Waals surface area contributed by atoms with E-state index in [9.17, 15) is 0 Å². The van der Waals surface area contributed by atoms with E-state index in [4.69, 9.17) is 15.5 Å². The van der Waals surface area contributed by atoms with Gasteiger partial charge in [0.05, 0.1) is 23.9 Å². The van der Waals surface area contributed by atoms with Crippen molar-refractivity contribution in [2.75, 3.05) is 18.2 Å². The molecule has 7 nitrogen and oxygen atoms in total. The van der Waals surface area contributed by atoms with E-state index in [0.717, 1.165) is 28.1 Å². The van der Waals surface area contributed by atoms with Crippen LogP contribution in [0.4, 0.5) is 11.8 Å². The number of benzene rings is 2. The number of aromatic nitrogens is 4. The van der Waals surface area contributed by atoms with Crippen molar-refractivity contribution in [1.82, 2.24) is 19.7 Å². The normalized spacial score (nSPS) is 11.1. The van der Waals surface area contributed by atoms with Gasteiger partial charge < -0.3 is 15.8 Å². The minimum absolute atomic E-state index is 0.196. The summed E-state index contributed by atoms with van der Waals surface area (Å²) >= 11 is 0. The SMILES string of the molecule is COc1ccc(-n2nc3nc(NC(C)C)nc(-c4ccccc4)c3c2N)cc1. The third kappa shape index (κ3) is 3.22. The Bertz CT molecular complexity index is 1100. The smallest absolute Gasteiger partial charge is 0.225 e. The molecule has 0 aliphatic rings. The Kier molecular flexibility index (Phi) is 4.57. The number of fused-ring (bicyclic) bond motifs is 1. The molecule has 0 atom stereocenters. The van der Waals surface area contributed by atoms with Crippen molar-refractivity contribution in [3.05, 3.63) is 54.6 Å². The lowest BCUT2D eigenvalue weighted by Gasteiger charge is -2.10. The third-order valence-electron chi connectivity index (χ3n) is 4.35. The van der Waals surface area contributed by atoms with Crippen LogP contribution in [-0.2, 0) is 0 Å². The summed E-state index contributed by atoms with van der Waals surface area (Å²) in [4.78, 5) is 9.31. The fourth-order valence-electron chi connectivity index (χ4n) is 3.06. The highest BCUT2D eigenvalue weighted by Gasteiger charge is 2.19. The number of nitrogens with zero attached hydrogens (tertiary/aromatic N) is 4. The van der Waals surface area contributed by atoms with Gasteiger partial charge in [-0.3, -0.25) is 0 Å². The Hall–Kier alpha value is -3.61. The molecule has 0 unspecified atom stereocenters. The molecule has 4 rings (SSSR count). The lowest BCUT2D eigenvalue weighted by molar-refractivity contribution is 0.414. The zero-order valence-corrected chi connectivity index (χ0v) is 16.0. The summed E-state index contributed by atoms with van der Waals surface area (Å²) in [5, 5.41) is 8.65. The molecule has 0 spiro atoms. The van der Waals surface area contributed by atoms with Crippen molar-refractivity contribution in [2.24, 2.45) is 0 Å². The van der Waals surface area contributed by atoms with Crippen molar-refractivity contribution in [1.29, 1.82) is 0 Å². The van der Waals surface area contributed by atoms with Gasteiger partial charge in [0.25, 0.3) is 0 Å². The molecular formula is C21H22N6O. The van der Waals surface area contributed by atoms with Gasteiger partial charge in [-0.15, -0.1) is 5.10 Å². The monoisotopic (exact) mass is 374 g/mol. The van der Waals surface area contributed by atoms with E-state index in [1.165, 1.54) is 0 Å². The lowest BCUT2D eigenvalue weighted by Crippen LogP contribution is -2.13. The topological polar surface area (TPSA) is 90.9 Å². The first-order valence-electron chi connectivity index (χ1n) is 9.09. The highest BCUT2D eigenvalue weighted by Crippen LogP contribution is 2.33. The first-order valence-corrected chi connectivity index (χ1v) is 9.09. The molecular weight excluding hydrogens is 352 g/mol. The number of anilines is 2. The number of hydrogen-bond donors (Lipinski definition) is 2. The van der Waals surface area contributed by atoms with Gasteiger partial charge in [0.2, 0.25) is 5.95 Å². The molecule has 0 aliphatic carbocycles. The number of hydrogen-bond acceptors (Lipinski definition) is 6. The van der Waals surface area contributed by atoms with Gasteiger partial charge in [0, 0.05) is 11.6 Å². The summed E-state index contributed by atoms with van der Waals surface area (Å²) in [6.45, 7) is 4.08. The molecule has 4 aromatic rings. The number of nitrogens with one attached hydrogen (secondary N) is 1. The van der Waals surface area contributed by atoms with Crippen LogP contribution in [0.3, 0.4) is 0 Å². The van der Waals surface area contributed by atoms with Gasteiger partial charge in [-0.25, -0.2) is 9.67 Å². The molecule has 0 amide bonds. The number of nitrogen functional groups attached to an aromatic ring is 1. The van der Waals surface area contributed by atoms with Crippen LogP contribution in [0, 0.1) is 0 Å². The van der Waals surface area contributed by atoms with E-state index >= 15 is 0 Å². The molecule has 0 bridgehead atoms. The Morgan fingerprint density at radius 3 is 2.36 bits per heavy atom. The second-order valence-corrected chi connectivity index (χ2v) is 6.75. The summed E-state index contributed by atoms with van der Waals surface area (Å²) in [5.74, 6) is 1.79. The summed E-state index contributed by atoms with van der Waals surface area (Å²) in [7, 11) is 1.64. The highest BCUT2D eigenvalue weighted by atomic mass is 16.5. The molecule has 0 fully saturated rings. The molecule has 28 heavy (non-hydrogen) atoms. The average molecular weight is 374 g/mol. The van der Waals surface area contributed by atoms with E-state index in [1.54, 1.807) is 11.8 Å². The molecule has 7 heteroatoms. The minimum Gasteiger partial charge on any atom is -0.497 e. The Morgan fingerprint density at radius 2 is 1.71 bits per heavy atom. The molecule has 142 valence electrons. The van der Waals surface area contributed by atoms with Gasteiger partial charge in [-0.2, -0.15) is 4.98 Å². The molecule has 0 saturated carbocycles. The number of methoxy groups -OCH3 is 1. The Labute approximate surface area is 163 Å². The average Bonchev–Trinajstić information content (AvgIpc) is 3.04. The van der Waals surface area contributed by atoms with E-state index in [1.807, 2.05) is 68.4 Å². The van der Waals surface area contributed by atoms with Crippen LogP contribution in [-0.4, -0.2) is 32.9 Å². The second kappa shape index (κ2) is 7.19. The van der Waals surface area contributed by atoms with Gasteiger partial charge in [-0.05, 0) is 38.1 Å². The standard InChI is InChI=1S/C21H22N6O/c1-13(2)23-21-24-18(14-7-5-4-6-8-14)17-19(22)27(26-20(17)25-21)15-9-11-16(28-3)12-10-15/h4-13H,22H2,1-3H3,(H,23,25,26). The van der Waals surface area contributed by atoms with Crippen LogP contribution < -0.4 is 15.8 Å². The largest absolute Gasteiger partial charge is 0.497 e. The summed E-state index contributed by atoms with van der Waals surface area (Å²) in [6, 6.07) is 17.7. The van der Waals surface area contributed by atoms with Crippen LogP contribution in [0.15, 0.2) is 54.6 Å². The molecule has 0 radical (unpaired) electrons. The molecule has 0 aliphatic heterocycles. The van der Waals surface area contributed by atoms with Gasteiger partial charge in [0.15, 0.2) is 5.65 Å². The first kappa shape index (κ1) is 17.8.